The van der Waals surface area contributed by atoms with E-state index in [0.29, 0.717) is 18.0 Å². The average Bonchev–Trinajstić information content (AvgIpc) is 3.07. The molecule has 3 aromatic rings. The van der Waals surface area contributed by atoms with Gasteiger partial charge in [0.05, 0.1) is 20.8 Å². The smallest absolute Gasteiger partial charge is 0.357 e. The molecule has 4 nitrogen and oxygen atoms in total. The maximum absolute atomic E-state index is 12.2. The Labute approximate surface area is 144 Å². The summed E-state index contributed by atoms with van der Waals surface area (Å²) in [6.07, 6.45) is 2.09. The molecule has 24 heavy (non-hydrogen) atoms. The summed E-state index contributed by atoms with van der Waals surface area (Å²) in [4.78, 5) is 22.6. The third-order valence-electron chi connectivity index (χ3n) is 4.27. The van der Waals surface area contributed by atoms with Crippen molar-refractivity contribution in [1.29, 1.82) is 0 Å². The van der Waals surface area contributed by atoms with Gasteiger partial charge in [-0.2, -0.15) is 0 Å². The van der Waals surface area contributed by atoms with Crippen LogP contribution >= 0.6 is 11.3 Å². The zero-order chi connectivity index (χ0) is 16.4. The van der Waals surface area contributed by atoms with Gasteiger partial charge in [-0.25, -0.2) is 9.78 Å². The summed E-state index contributed by atoms with van der Waals surface area (Å²) in [7, 11) is 0. The zero-order valence-corrected chi connectivity index (χ0v) is 14.0. The van der Waals surface area contributed by atoms with Gasteiger partial charge in [0.25, 0.3) is 0 Å². The van der Waals surface area contributed by atoms with Crippen molar-refractivity contribution in [2.75, 3.05) is 13.1 Å². The molecule has 0 amide bonds. The second-order valence-corrected chi connectivity index (χ2v) is 7.05. The predicted molar refractivity (Wildman–Crippen MR) is 95.0 cm³/mol. The SMILES string of the molecule is O=C(ON1CCCC(c2nc3ccccc3s2)C1)c1ccccc1. The van der Waals surface area contributed by atoms with E-state index >= 15 is 0 Å². The van der Waals surface area contributed by atoms with Gasteiger partial charge in [-0.1, -0.05) is 30.3 Å². The van der Waals surface area contributed by atoms with Gasteiger partial charge in [0.1, 0.15) is 0 Å². The molecule has 2 heterocycles. The van der Waals surface area contributed by atoms with E-state index in [0.717, 1.165) is 29.9 Å². The van der Waals surface area contributed by atoms with Crippen LogP contribution in [0, 0.1) is 0 Å². The van der Waals surface area contributed by atoms with Crippen molar-refractivity contribution in [1.82, 2.24) is 10.0 Å². The van der Waals surface area contributed by atoms with E-state index in [-0.39, 0.29) is 5.97 Å². The molecule has 1 fully saturated rings. The monoisotopic (exact) mass is 338 g/mol. The molecule has 1 atom stereocenters. The normalized spacial score (nSPS) is 18.6. The lowest BCUT2D eigenvalue weighted by atomic mass is 10.0. The van der Waals surface area contributed by atoms with Gasteiger partial charge in [-0.05, 0) is 37.1 Å². The molecule has 0 N–H and O–H groups in total. The van der Waals surface area contributed by atoms with E-state index in [1.54, 1.807) is 28.5 Å². The molecule has 0 spiro atoms. The molecule has 0 bridgehead atoms. The summed E-state index contributed by atoms with van der Waals surface area (Å²) < 4.78 is 1.21. The first-order valence-electron chi connectivity index (χ1n) is 8.17. The van der Waals surface area contributed by atoms with E-state index in [1.807, 2.05) is 36.4 Å². The van der Waals surface area contributed by atoms with Gasteiger partial charge < -0.3 is 4.84 Å². The Hall–Kier alpha value is -2.24. The Bertz CT molecular complexity index is 814. The van der Waals surface area contributed by atoms with E-state index in [2.05, 4.69) is 6.07 Å². The average molecular weight is 338 g/mol. The Morgan fingerprint density at radius 3 is 2.75 bits per heavy atom. The number of carbonyl (C=O) groups is 1. The van der Waals surface area contributed by atoms with Crippen molar-refractivity contribution in [3.8, 4) is 0 Å². The topological polar surface area (TPSA) is 42.4 Å². The molecule has 5 heteroatoms. The third kappa shape index (κ3) is 3.18. The molecule has 2 aromatic carbocycles. The van der Waals surface area contributed by atoms with E-state index in [9.17, 15) is 4.79 Å². The highest BCUT2D eigenvalue weighted by atomic mass is 32.1. The number of benzene rings is 2. The number of para-hydroxylation sites is 1. The molecule has 4 rings (SSSR count). The molecule has 0 saturated carbocycles. The molecule has 1 aliphatic heterocycles. The summed E-state index contributed by atoms with van der Waals surface area (Å²) in [5, 5.41) is 2.92. The molecule has 1 unspecified atom stereocenters. The number of thiazole rings is 1. The van der Waals surface area contributed by atoms with Crippen molar-refractivity contribution < 1.29 is 9.63 Å². The lowest BCUT2D eigenvalue weighted by molar-refractivity contribution is -0.123. The molecule has 1 aromatic heterocycles. The first-order chi connectivity index (χ1) is 11.8. The number of hydrogen-bond donors (Lipinski definition) is 0. The lowest BCUT2D eigenvalue weighted by Gasteiger charge is -2.30. The number of rotatable bonds is 3. The second kappa shape index (κ2) is 6.71. The highest BCUT2D eigenvalue weighted by Crippen LogP contribution is 2.33. The number of nitrogens with zero attached hydrogens (tertiary/aromatic N) is 2. The van der Waals surface area contributed by atoms with Crippen molar-refractivity contribution in [2.45, 2.75) is 18.8 Å². The van der Waals surface area contributed by atoms with Crippen LogP contribution in [0.4, 0.5) is 0 Å². The van der Waals surface area contributed by atoms with Crippen LogP contribution in [0.3, 0.4) is 0 Å². The summed E-state index contributed by atoms with van der Waals surface area (Å²) in [6.45, 7) is 1.48. The van der Waals surface area contributed by atoms with Gasteiger partial charge in [0.15, 0.2) is 0 Å². The Morgan fingerprint density at radius 2 is 1.92 bits per heavy atom. The number of piperidine rings is 1. The Balaban J connectivity index is 1.46. The summed E-state index contributed by atoms with van der Waals surface area (Å²) >= 11 is 1.74. The van der Waals surface area contributed by atoms with Crippen molar-refractivity contribution in [2.24, 2.45) is 0 Å². The van der Waals surface area contributed by atoms with Gasteiger partial charge in [-0.3, -0.25) is 0 Å². The molecule has 0 aliphatic carbocycles. The van der Waals surface area contributed by atoms with Crippen LogP contribution in [-0.2, 0) is 4.84 Å². The highest BCUT2D eigenvalue weighted by molar-refractivity contribution is 7.18. The maximum Gasteiger partial charge on any atom is 0.357 e. The minimum Gasteiger partial charge on any atom is -0.364 e. The fourth-order valence-electron chi connectivity index (χ4n) is 3.04. The number of hydroxylamine groups is 2. The number of aromatic nitrogens is 1. The Kier molecular flexibility index (Phi) is 4.28. The van der Waals surface area contributed by atoms with Gasteiger partial charge in [0.2, 0.25) is 0 Å². The van der Waals surface area contributed by atoms with Crippen LogP contribution in [0.15, 0.2) is 54.6 Å². The fraction of sp³-hybridized carbons (Fsp3) is 0.263. The molecule has 1 saturated heterocycles. The van der Waals surface area contributed by atoms with Crippen LogP contribution < -0.4 is 0 Å². The van der Waals surface area contributed by atoms with Crippen molar-refractivity contribution >= 4 is 27.5 Å². The van der Waals surface area contributed by atoms with Crippen LogP contribution in [0.5, 0.6) is 0 Å². The number of hydrogen-bond acceptors (Lipinski definition) is 5. The van der Waals surface area contributed by atoms with E-state index < -0.39 is 0 Å². The Morgan fingerprint density at radius 1 is 1.12 bits per heavy atom. The summed E-state index contributed by atoms with van der Waals surface area (Å²) in [5.41, 5.74) is 1.63. The van der Waals surface area contributed by atoms with Gasteiger partial charge in [-0.15, -0.1) is 16.4 Å². The molecular weight excluding hydrogens is 320 g/mol. The van der Waals surface area contributed by atoms with Crippen LogP contribution in [0.25, 0.3) is 10.2 Å². The standard InChI is InChI=1S/C19H18N2O2S/c22-19(14-7-2-1-3-8-14)23-21-12-6-9-15(13-21)18-20-16-10-4-5-11-17(16)24-18/h1-5,7-8,10-11,15H,6,9,12-13H2. The van der Waals surface area contributed by atoms with E-state index in [4.69, 9.17) is 9.82 Å². The maximum atomic E-state index is 12.2. The molecular formula is C19H18N2O2S. The molecule has 122 valence electrons. The first kappa shape index (κ1) is 15.3. The number of carbonyl (C=O) groups excluding carboxylic acids is 1. The van der Waals surface area contributed by atoms with Crippen molar-refractivity contribution in [3.05, 3.63) is 65.2 Å². The minimum absolute atomic E-state index is 0.291. The van der Waals surface area contributed by atoms with Crippen LogP contribution in [0.1, 0.15) is 34.1 Å². The largest absolute Gasteiger partial charge is 0.364 e. The second-order valence-electron chi connectivity index (χ2n) is 5.99. The van der Waals surface area contributed by atoms with Crippen LogP contribution in [-0.4, -0.2) is 29.1 Å². The van der Waals surface area contributed by atoms with E-state index in [1.165, 1.54) is 4.70 Å². The fourth-order valence-corrected chi connectivity index (χ4v) is 4.13. The summed E-state index contributed by atoms with van der Waals surface area (Å²) in [5.74, 6) is 0.0280. The zero-order valence-electron chi connectivity index (χ0n) is 13.2. The van der Waals surface area contributed by atoms with Gasteiger partial charge >= 0.3 is 5.97 Å². The molecule has 1 aliphatic rings. The van der Waals surface area contributed by atoms with Crippen molar-refractivity contribution in [3.63, 3.8) is 0 Å². The third-order valence-corrected chi connectivity index (χ3v) is 5.46. The predicted octanol–water partition coefficient (Wildman–Crippen LogP) is 4.25. The van der Waals surface area contributed by atoms with Crippen LogP contribution in [0.2, 0.25) is 0 Å². The van der Waals surface area contributed by atoms with Gasteiger partial charge in [0, 0.05) is 19.0 Å². The highest BCUT2D eigenvalue weighted by Gasteiger charge is 2.26. The number of fused-ring (bicyclic) bond motifs is 1. The minimum atomic E-state index is -0.291. The summed E-state index contributed by atoms with van der Waals surface area (Å²) in [6, 6.07) is 17.3. The quantitative estimate of drug-likeness (QED) is 0.716. The first-order valence-corrected chi connectivity index (χ1v) is 8.99. The molecule has 0 radical (unpaired) electrons. The lowest BCUT2D eigenvalue weighted by Crippen LogP contribution is -2.36.